The van der Waals surface area contributed by atoms with Gasteiger partial charge in [0.05, 0.1) is 6.20 Å². The molecule has 0 amide bonds. The van der Waals surface area contributed by atoms with Gasteiger partial charge in [0.1, 0.15) is 0 Å². The van der Waals surface area contributed by atoms with Crippen molar-refractivity contribution in [2.24, 2.45) is 5.73 Å². The lowest BCUT2D eigenvalue weighted by atomic mass is 10.1. The van der Waals surface area contributed by atoms with Crippen molar-refractivity contribution in [2.75, 3.05) is 13.1 Å². The highest BCUT2D eigenvalue weighted by atomic mass is 32.2. The summed E-state index contributed by atoms with van der Waals surface area (Å²) < 4.78 is 28.1. The normalized spacial score (nSPS) is 22.6. The van der Waals surface area contributed by atoms with E-state index in [1.165, 1.54) is 15.2 Å². The predicted octanol–water partition coefficient (Wildman–Crippen LogP) is 0.576. The minimum absolute atomic E-state index is 0.0169. The Morgan fingerprint density at radius 3 is 2.83 bits per heavy atom. The van der Waals surface area contributed by atoms with Crippen molar-refractivity contribution in [1.29, 1.82) is 0 Å². The highest BCUT2D eigenvalue weighted by Crippen LogP contribution is 2.21. The van der Waals surface area contributed by atoms with Crippen LogP contribution in [0.3, 0.4) is 0 Å². The first-order valence-corrected chi connectivity index (χ1v) is 7.66. The van der Waals surface area contributed by atoms with E-state index in [0.29, 0.717) is 13.1 Å². The van der Waals surface area contributed by atoms with Crippen LogP contribution in [0.15, 0.2) is 17.3 Å². The molecular weight excluding hydrogens is 252 g/mol. The number of aromatic nitrogens is 2. The van der Waals surface area contributed by atoms with E-state index in [1.54, 1.807) is 6.07 Å². The molecule has 1 aliphatic rings. The topological polar surface area (TPSA) is 81.2 Å². The molecule has 2 N–H and O–H groups in total. The van der Waals surface area contributed by atoms with Gasteiger partial charge in [0.15, 0.2) is 5.03 Å². The maximum Gasteiger partial charge on any atom is 0.260 e. The highest BCUT2D eigenvalue weighted by molar-refractivity contribution is 7.89. The second-order valence-electron chi connectivity index (χ2n) is 4.97. The summed E-state index contributed by atoms with van der Waals surface area (Å²) in [4.78, 5) is 0. The number of piperidine rings is 1. The molecule has 0 spiro atoms. The molecular formula is C11H20N4O2S. The lowest BCUT2D eigenvalue weighted by Gasteiger charge is -2.30. The number of hydrogen-bond acceptors (Lipinski definition) is 4. The molecule has 0 aliphatic carbocycles. The average molecular weight is 272 g/mol. The van der Waals surface area contributed by atoms with Crippen molar-refractivity contribution in [3.8, 4) is 0 Å². The van der Waals surface area contributed by atoms with Crippen molar-refractivity contribution in [3.63, 3.8) is 0 Å². The molecule has 1 atom stereocenters. The Kier molecular flexibility index (Phi) is 3.74. The van der Waals surface area contributed by atoms with E-state index < -0.39 is 10.0 Å². The first kappa shape index (κ1) is 13.5. The maximum atomic E-state index is 12.5. The minimum atomic E-state index is -3.47. The van der Waals surface area contributed by atoms with Crippen LogP contribution in [0.25, 0.3) is 0 Å². The molecule has 1 saturated heterocycles. The summed E-state index contributed by atoms with van der Waals surface area (Å²) in [5.74, 6) is 0. The summed E-state index contributed by atoms with van der Waals surface area (Å²) in [5.41, 5.74) is 5.84. The Morgan fingerprint density at radius 2 is 2.22 bits per heavy atom. The van der Waals surface area contributed by atoms with E-state index in [2.05, 4.69) is 5.10 Å². The van der Waals surface area contributed by atoms with Gasteiger partial charge < -0.3 is 5.73 Å². The molecule has 2 rings (SSSR count). The number of hydrogen-bond donors (Lipinski definition) is 1. The van der Waals surface area contributed by atoms with E-state index in [1.807, 2.05) is 13.8 Å². The fourth-order valence-electron chi connectivity index (χ4n) is 2.22. The minimum Gasteiger partial charge on any atom is -0.327 e. The quantitative estimate of drug-likeness (QED) is 0.872. The Labute approximate surface area is 108 Å². The van der Waals surface area contributed by atoms with Crippen LogP contribution >= 0.6 is 0 Å². The van der Waals surface area contributed by atoms with E-state index in [4.69, 9.17) is 5.73 Å². The second kappa shape index (κ2) is 4.99. The summed E-state index contributed by atoms with van der Waals surface area (Å²) in [6.07, 6.45) is 3.22. The lowest BCUT2D eigenvalue weighted by Crippen LogP contribution is -2.46. The zero-order valence-electron chi connectivity index (χ0n) is 10.8. The van der Waals surface area contributed by atoms with Gasteiger partial charge >= 0.3 is 0 Å². The molecule has 1 unspecified atom stereocenters. The Balaban J connectivity index is 2.33. The number of rotatable bonds is 3. The summed E-state index contributed by atoms with van der Waals surface area (Å²) >= 11 is 0. The van der Waals surface area contributed by atoms with Crippen LogP contribution in [0.4, 0.5) is 0 Å². The summed E-state index contributed by atoms with van der Waals surface area (Å²) in [5, 5.41) is 4.33. The molecule has 102 valence electrons. The van der Waals surface area contributed by atoms with Crippen molar-refractivity contribution < 1.29 is 8.42 Å². The standard InChI is InChI=1S/C11H20N4O2S/c1-9(2)15-11(5-6-13-15)18(16,17)14-7-3-4-10(12)8-14/h5-6,9-10H,3-4,7-8,12H2,1-2H3. The highest BCUT2D eigenvalue weighted by Gasteiger charge is 2.31. The first-order chi connectivity index (χ1) is 8.43. The van der Waals surface area contributed by atoms with Gasteiger partial charge in [0, 0.05) is 25.2 Å². The predicted molar refractivity (Wildman–Crippen MR) is 68.6 cm³/mol. The van der Waals surface area contributed by atoms with Crippen molar-refractivity contribution in [2.45, 2.75) is 43.8 Å². The molecule has 1 fully saturated rings. The number of nitrogens with two attached hydrogens (primary N) is 1. The molecule has 0 bridgehead atoms. The molecule has 1 aromatic rings. The van der Waals surface area contributed by atoms with Gasteiger partial charge in [-0.05, 0) is 32.8 Å². The third-order valence-corrected chi connectivity index (χ3v) is 5.01. The third-order valence-electron chi connectivity index (χ3n) is 3.15. The van der Waals surface area contributed by atoms with E-state index in [9.17, 15) is 8.42 Å². The SMILES string of the molecule is CC(C)n1nccc1S(=O)(=O)N1CCCC(N)C1. The molecule has 2 heterocycles. The maximum absolute atomic E-state index is 12.5. The van der Waals surface area contributed by atoms with E-state index in [-0.39, 0.29) is 17.1 Å². The molecule has 0 radical (unpaired) electrons. The fourth-order valence-corrected chi connectivity index (χ4v) is 3.97. The van der Waals surface area contributed by atoms with Crippen LogP contribution in [0.1, 0.15) is 32.7 Å². The molecule has 7 heteroatoms. The van der Waals surface area contributed by atoms with Gasteiger partial charge in [-0.2, -0.15) is 9.40 Å². The zero-order valence-corrected chi connectivity index (χ0v) is 11.6. The summed E-state index contributed by atoms with van der Waals surface area (Å²) in [6.45, 7) is 4.76. The van der Waals surface area contributed by atoms with Gasteiger partial charge in [0.25, 0.3) is 10.0 Å². The molecule has 1 aliphatic heterocycles. The lowest BCUT2D eigenvalue weighted by molar-refractivity contribution is 0.312. The fraction of sp³-hybridized carbons (Fsp3) is 0.727. The molecule has 6 nitrogen and oxygen atoms in total. The van der Waals surface area contributed by atoms with Crippen LogP contribution in [-0.2, 0) is 10.0 Å². The van der Waals surface area contributed by atoms with Crippen molar-refractivity contribution in [1.82, 2.24) is 14.1 Å². The monoisotopic (exact) mass is 272 g/mol. The molecule has 1 aromatic heterocycles. The summed E-state index contributed by atoms with van der Waals surface area (Å²) in [7, 11) is -3.47. The second-order valence-corrected chi connectivity index (χ2v) is 6.86. The Hall–Kier alpha value is -0.920. The van der Waals surface area contributed by atoms with Crippen LogP contribution in [0.2, 0.25) is 0 Å². The van der Waals surface area contributed by atoms with Gasteiger partial charge in [-0.3, -0.25) is 4.68 Å². The molecule has 0 saturated carbocycles. The average Bonchev–Trinajstić information content (AvgIpc) is 2.78. The third kappa shape index (κ3) is 2.43. The van der Waals surface area contributed by atoms with Gasteiger partial charge in [0.2, 0.25) is 0 Å². The number of sulfonamides is 1. The van der Waals surface area contributed by atoms with Crippen molar-refractivity contribution in [3.05, 3.63) is 12.3 Å². The van der Waals surface area contributed by atoms with E-state index in [0.717, 1.165) is 12.8 Å². The molecule has 18 heavy (non-hydrogen) atoms. The van der Waals surface area contributed by atoms with Crippen LogP contribution in [-0.4, -0.2) is 41.6 Å². The number of nitrogens with zero attached hydrogens (tertiary/aromatic N) is 3. The molecule has 0 aromatic carbocycles. The summed E-state index contributed by atoms with van der Waals surface area (Å²) in [6, 6.07) is 1.50. The van der Waals surface area contributed by atoms with Gasteiger partial charge in [-0.1, -0.05) is 0 Å². The zero-order chi connectivity index (χ0) is 13.3. The van der Waals surface area contributed by atoms with Gasteiger partial charge in [-0.15, -0.1) is 0 Å². The van der Waals surface area contributed by atoms with E-state index >= 15 is 0 Å². The smallest absolute Gasteiger partial charge is 0.260 e. The van der Waals surface area contributed by atoms with Crippen LogP contribution in [0.5, 0.6) is 0 Å². The Bertz CT molecular complexity index is 509. The Morgan fingerprint density at radius 1 is 1.50 bits per heavy atom. The largest absolute Gasteiger partial charge is 0.327 e. The van der Waals surface area contributed by atoms with Gasteiger partial charge in [-0.25, -0.2) is 8.42 Å². The van der Waals surface area contributed by atoms with Crippen LogP contribution in [0, 0.1) is 0 Å². The van der Waals surface area contributed by atoms with Crippen molar-refractivity contribution >= 4 is 10.0 Å². The first-order valence-electron chi connectivity index (χ1n) is 6.22. The van der Waals surface area contributed by atoms with Crippen LogP contribution < -0.4 is 5.73 Å².